The van der Waals surface area contributed by atoms with Gasteiger partial charge in [0.1, 0.15) is 11.6 Å². The summed E-state index contributed by atoms with van der Waals surface area (Å²) in [6.07, 6.45) is 1.47. The first-order valence-electron chi connectivity index (χ1n) is 9.35. The molecule has 0 amide bonds. The van der Waals surface area contributed by atoms with Crippen molar-refractivity contribution in [2.45, 2.75) is 47.3 Å². The third-order valence-electron chi connectivity index (χ3n) is 5.86. The molecule has 0 unspecified atom stereocenters. The van der Waals surface area contributed by atoms with Gasteiger partial charge in [-0.25, -0.2) is 9.18 Å². The standard InChI is InChI=1S/C22H20FN3OS4/c1-7-12-8(2)18(28)19(29)10(4)14(12)16(23)15-13(7)9(3)20(30)21(31)17(15)26-6-5-11(24)25-22(26)27/h5-6,28-31H,1-4H3,(H2,24,25,27). The number of nitrogens with two attached hydrogens (primary N) is 1. The zero-order valence-electron chi connectivity index (χ0n) is 17.2. The molecule has 1 aromatic heterocycles. The first kappa shape index (κ1) is 22.4. The largest absolute Gasteiger partial charge is 0.383 e. The van der Waals surface area contributed by atoms with Crippen molar-refractivity contribution in [1.82, 2.24) is 9.55 Å². The molecule has 0 spiro atoms. The summed E-state index contributed by atoms with van der Waals surface area (Å²) in [6.45, 7) is 7.53. The van der Waals surface area contributed by atoms with Crippen LogP contribution in [0.4, 0.5) is 10.2 Å². The van der Waals surface area contributed by atoms with E-state index in [0.29, 0.717) is 35.9 Å². The molecule has 9 heteroatoms. The Balaban J connectivity index is 2.41. The molecule has 2 N–H and O–H groups in total. The number of thiol groups is 4. The highest BCUT2D eigenvalue weighted by atomic mass is 32.1. The van der Waals surface area contributed by atoms with Crippen LogP contribution >= 0.6 is 50.5 Å². The minimum Gasteiger partial charge on any atom is -0.383 e. The minimum absolute atomic E-state index is 0.0825. The molecule has 4 aromatic rings. The summed E-state index contributed by atoms with van der Waals surface area (Å²) in [5, 5.41) is 2.18. The highest BCUT2D eigenvalue weighted by Crippen LogP contribution is 2.46. The lowest BCUT2D eigenvalue weighted by atomic mass is 9.89. The molecule has 4 rings (SSSR count). The van der Waals surface area contributed by atoms with Gasteiger partial charge in [-0.1, -0.05) is 0 Å². The van der Waals surface area contributed by atoms with Crippen LogP contribution in [0.25, 0.3) is 27.2 Å². The minimum atomic E-state index is -0.626. The third-order valence-corrected chi connectivity index (χ3v) is 8.32. The molecule has 0 aliphatic heterocycles. The Bertz CT molecular complexity index is 1510. The Morgan fingerprint density at radius 2 is 1.29 bits per heavy atom. The van der Waals surface area contributed by atoms with Gasteiger partial charge >= 0.3 is 5.69 Å². The van der Waals surface area contributed by atoms with Gasteiger partial charge in [-0.15, -0.1) is 50.5 Å². The number of hydrogen-bond acceptors (Lipinski definition) is 7. The summed E-state index contributed by atoms with van der Waals surface area (Å²) in [7, 11) is 0. The van der Waals surface area contributed by atoms with E-state index >= 15 is 4.39 Å². The zero-order chi connectivity index (χ0) is 22.9. The highest BCUT2D eigenvalue weighted by Gasteiger charge is 2.25. The van der Waals surface area contributed by atoms with Crippen molar-refractivity contribution in [2.24, 2.45) is 0 Å². The molecule has 31 heavy (non-hydrogen) atoms. The van der Waals surface area contributed by atoms with E-state index in [-0.39, 0.29) is 16.9 Å². The van der Waals surface area contributed by atoms with E-state index in [4.69, 9.17) is 5.73 Å². The molecule has 0 fully saturated rings. The van der Waals surface area contributed by atoms with Crippen LogP contribution in [0.2, 0.25) is 0 Å². The van der Waals surface area contributed by atoms with Gasteiger partial charge in [-0.05, 0) is 66.8 Å². The Morgan fingerprint density at radius 1 is 0.806 bits per heavy atom. The lowest BCUT2D eigenvalue weighted by Gasteiger charge is -2.23. The molecule has 4 nitrogen and oxygen atoms in total. The lowest BCUT2D eigenvalue weighted by molar-refractivity contribution is 0.648. The molecule has 0 radical (unpaired) electrons. The van der Waals surface area contributed by atoms with Crippen molar-refractivity contribution in [3.05, 3.63) is 50.8 Å². The number of rotatable bonds is 1. The van der Waals surface area contributed by atoms with E-state index in [1.807, 2.05) is 27.7 Å². The van der Waals surface area contributed by atoms with E-state index < -0.39 is 11.5 Å². The highest BCUT2D eigenvalue weighted by molar-refractivity contribution is 7.84. The Hall–Kier alpha value is -1.81. The Labute approximate surface area is 200 Å². The first-order chi connectivity index (χ1) is 14.5. The quantitative estimate of drug-likeness (QED) is 0.177. The molecule has 0 saturated heterocycles. The second kappa shape index (κ2) is 7.65. The van der Waals surface area contributed by atoms with Crippen molar-refractivity contribution in [1.29, 1.82) is 0 Å². The van der Waals surface area contributed by atoms with Gasteiger partial charge in [0.25, 0.3) is 0 Å². The second-order valence-electron chi connectivity index (χ2n) is 7.56. The fraction of sp³-hybridized carbons (Fsp3) is 0.182. The summed E-state index contributed by atoms with van der Waals surface area (Å²) < 4.78 is 17.6. The molecule has 1 heterocycles. The van der Waals surface area contributed by atoms with Crippen molar-refractivity contribution in [3.8, 4) is 5.69 Å². The molecule has 3 aromatic carbocycles. The van der Waals surface area contributed by atoms with Crippen LogP contribution in [-0.4, -0.2) is 9.55 Å². The normalized spacial score (nSPS) is 11.6. The van der Waals surface area contributed by atoms with E-state index in [1.165, 1.54) is 16.8 Å². The Morgan fingerprint density at radius 3 is 1.84 bits per heavy atom. The molecule has 0 atom stereocenters. The average Bonchev–Trinajstić information content (AvgIpc) is 2.72. The van der Waals surface area contributed by atoms with Crippen LogP contribution in [-0.2, 0) is 0 Å². The maximum atomic E-state index is 16.4. The van der Waals surface area contributed by atoms with E-state index in [9.17, 15) is 4.79 Å². The fourth-order valence-corrected chi connectivity index (χ4v) is 5.46. The molecule has 160 valence electrons. The van der Waals surface area contributed by atoms with Crippen molar-refractivity contribution in [2.75, 3.05) is 5.73 Å². The van der Waals surface area contributed by atoms with E-state index in [1.54, 1.807) is 0 Å². The smallest absolute Gasteiger partial charge is 0.354 e. The number of aromatic nitrogens is 2. The van der Waals surface area contributed by atoms with Gasteiger partial charge < -0.3 is 5.73 Å². The maximum Gasteiger partial charge on any atom is 0.354 e. The Kier molecular flexibility index (Phi) is 5.53. The summed E-state index contributed by atoms with van der Waals surface area (Å²) in [5.41, 5.74) is 8.48. The van der Waals surface area contributed by atoms with Gasteiger partial charge in [-0.3, -0.25) is 4.57 Å². The number of fused-ring (bicyclic) bond motifs is 2. The molecule has 0 bridgehead atoms. The molecule has 0 aliphatic rings. The number of nitrogens with zero attached hydrogens (tertiary/aromatic N) is 2. The zero-order valence-corrected chi connectivity index (χ0v) is 20.8. The number of benzene rings is 3. The van der Waals surface area contributed by atoms with Gasteiger partial charge in [0, 0.05) is 36.6 Å². The van der Waals surface area contributed by atoms with Crippen LogP contribution in [0, 0.1) is 33.5 Å². The van der Waals surface area contributed by atoms with Crippen LogP contribution < -0.4 is 11.4 Å². The summed E-state index contributed by atoms with van der Waals surface area (Å²) in [6, 6.07) is 1.48. The van der Waals surface area contributed by atoms with Crippen LogP contribution in [0.3, 0.4) is 0 Å². The molecular weight excluding hydrogens is 470 g/mol. The maximum absolute atomic E-state index is 16.4. The SMILES string of the molecule is Cc1c(S)c(S)c(C)c2c(F)c3c(-n4ccc(N)nc4=O)c(S)c(S)c(C)c3c(C)c12. The van der Waals surface area contributed by atoms with Crippen LogP contribution in [0.15, 0.2) is 36.6 Å². The molecule has 0 aliphatic carbocycles. The van der Waals surface area contributed by atoms with Crippen LogP contribution in [0.1, 0.15) is 22.3 Å². The van der Waals surface area contributed by atoms with Gasteiger partial charge in [0.05, 0.1) is 5.69 Å². The number of aryl methyl sites for hydroxylation is 4. The van der Waals surface area contributed by atoms with Gasteiger partial charge in [-0.2, -0.15) is 4.98 Å². The lowest BCUT2D eigenvalue weighted by Crippen LogP contribution is -2.22. The van der Waals surface area contributed by atoms with E-state index in [0.717, 1.165) is 22.1 Å². The first-order valence-corrected chi connectivity index (χ1v) is 11.1. The molecular formula is C22H20FN3OS4. The second-order valence-corrected chi connectivity index (χ2v) is 9.35. The average molecular weight is 490 g/mol. The third kappa shape index (κ3) is 3.08. The van der Waals surface area contributed by atoms with Gasteiger partial charge in [0.15, 0.2) is 0 Å². The summed E-state index contributed by atoms with van der Waals surface area (Å²) in [4.78, 5) is 18.8. The monoisotopic (exact) mass is 489 g/mol. The topological polar surface area (TPSA) is 60.9 Å². The predicted molar refractivity (Wildman–Crippen MR) is 137 cm³/mol. The fourth-order valence-electron chi connectivity index (χ4n) is 4.30. The van der Waals surface area contributed by atoms with Crippen molar-refractivity contribution < 1.29 is 4.39 Å². The number of halogens is 1. The van der Waals surface area contributed by atoms with Crippen molar-refractivity contribution in [3.63, 3.8) is 0 Å². The number of hydrogen-bond donors (Lipinski definition) is 5. The summed E-state index contributed by atoms with van der Waals surface area (Å²) in [5.74, 6) is -0.371. The van der Waals surface area contributed by atoms with Crippen molar-refractivity contribution >= 4 is 77.9 Å². The summed E-state index contributed by atoms with van der Waals surface area (Å²) >= 11 is 18.4. The predicted octanol–water partition coefficient (Wildman–Crippen LogP) is 5.65. The van der Waals surface area contributed by atoms with Crippen LogP contribution in [0.5, 0.6) is 0 Å². The van der Waals surface area contributed by atoms with Gasteiger partial charge in [0.2, 0.25) is 0 Å². The molecule has 0 saturated carbocycles. The number of anilines is 1. The number of nitrogen functional groups attached to an aromatic ring is 1. The van der Waals surface area contributed by atoms with E-state index in [2.05, 4.69) is 55.5 Å².